The summed E-state index contributed by atoms with van der Waals surface area (Å²) in [6, 6.07) is 6.12. The van der Waals surface area contributed by atoms with Crippen molar-refractivity contribution in [2.24, 2.45) is 5.41 Å². The maximum absolute atomic E-state index is 12.8. The zero-order valence-electron chi connectivity index (χ0n) is 32.6. The Morgan fingerprint density at radius 3 is 2.44 bits per heavy atom. The Morgan fingerprint density at radius 2 is 1.69 bits per heavy atom. The third-order valence-electron chi connectivity index (χ3n) is 11.9. The zero-order valence-corrected chi connectivity index (χ0v) is 32.6. The maximum atomic E-state index is 12.8. The number of hydrogen-bond acceptors (Lipinski definition) is 12. The maximum Gasteiger partial charge on any atom is 0.407 e. The quantitative estimate of drug-likeness (QED) is 0.230. The first-order chi connectivity index (χ1) is 26.6. The van der Waals surface area contributed by atoms with E-state index in [4.69, 9.17) is 44.1 Å². The van der Waals surface area contributed by atoms with Gasteiger partial charge in [-0.3, -0.25) is 0 Å². The highest BCUT2D eigenvalue weighted by Crippen LogP contribution is 2.44. The summed E-state index contributed by atoms with van der Waals surface area (Å²) in [7, 11) is 0. The average molecular weight is 755 g/mol. The molecule has 4 fully saturated rings. The summed E-state index contributed by atoms with van der Waals surface area (Å²) in [6.45, 7) is 12.1. The van der Waals surface area contributed by atoms with Crippen LogP contribution in [0.1, 0.15) is 104 Å². The molecule has 9 rings (SSSR count). The molecule has 0 radical (unpaired) electrons. The summed E-state index contributed by atoms with van der Waals surface area (Å²) in [5.41, 5.74) is 4.53. The monoisotopic (exact) mass is 754 g/mol. The minimum Gasteiger partial charge on any atom is -0.444 e. The third-order valence-corrected chi connectivity index (χ3v) is 11.9. The minimum atomic E-state index is -0.566. The van der Waals surface area contributed by atoms with Crippen molar-refractivity contribution in [3.05, 3.63) is 36.3 Å². The van der Waals surface area contributed by atoms with Gasteiger partial charge >= 0.3 is 6.09 Å². The number of nitrogens with one attached hydrogen (secondary N) is 1. The van der Waals surface area contributed by atoms with E-state index < -0.39 is 11.7 Å². The second kappa shape index (κ2) is 14.6. The molecule has 0 saturated carbocycles. The molecule has 0 bridgehead atoms. The molecule has 5 aliphatic rings. The highest BCUT2D eigenvalue weighted by Gasteiger charge is 2.50. The van der Waals surface area contributed by atoms with Crippen molar-refractivity contribution in [2.45, 2.75) is 122 Å². The Bertz CT molecular complexity index is 2000. The number of carbonyl (C=O) groups is 1. The minimum absolute atomic E-state index is 0.00785. The first-order valence-corrected chi connectivity index (χ1v) is 20.3. The van der Waals surface area contributed by atoms with Gasteiger partial charge in [-0.05, 0) is 110 Å². The fourth-order valence-corrected chi connectivity index (χ4v) is 9.04. The number of rotatable bonds is 6. The van der Waals surface area contributed by atoms with Crippen molar-refractivity contribution in [1.82, 2.24) is 39.8 Å². The molecule has 0 aliphatic carbocycles. The number of carbonyl (C=O) groups excluding carboxylic acids is 1. The predicted octanol–water partition coefficient (Wildman–Crippen LogP) is 6.47. The Kier molecular flexibility index (Phi) is 9.66. The summed E-state index contributed by atoms with van der Waals surface area (Å²) in [5, 5.41) is 13.3. The zero-order chi connectivity index (χ0) is 37.7. The van der Waals surface area contributed by atoms with E-state index in [0.717, 1.165) is 136 Å². The molecular formula is C40H54N10O5. The lowest BCUT2D eigenvalue weighted by Crippen LogP contribution is -2.55. The van der Waals surface area contributed by atoms with Gasteiger partial charge in [0.05, 0.1) is 42.0 Å². The number of nitrogens with zero attached hydrogens (tertiary/aromatic N) is 9. The largest absolute Gasteiger partial charge is 0.444 e. The number of hydrogen-bond donors (Lipinski definition) is 1. The van der Waals surface area contributed by atoms with Crippen molar-refractivity contribution in [3.63, 3.8) is 0 Å². The van der Waals surface area contributed by atoms with E-state index in [0.29, 0.717) is 13.2 Å². The van der Waals surface area contributed by atoms with Crippen LogP contribution >= 0.6 is 0 Å². The number of anilines is 3. The topological polar surface area (TPSA) is 147 Å². The lowest BCUT2D eigenvalue weighted by Gasteiger charge is -2.42. The molecule has 1 amide bonds. The molecule has 294 valence electrons. The first-order valence-electron chi connectivity index (χ1n) is 20.3. The Balaban J connectivity index is 0.978. The van der Waals surface area contributed by atoms with Crippen molar-refractivity contribution in [3.8, 4) is 11.4 Å². The number of aryl methyl sites for hydroxylation is 1. The number of amides is 1. The highest BCUT2D eigenvalue weighted by atomic mass is 16.6. The summed E-state index contributed by atoms with van der Waals surface area (Å²) >= 11 is 0. The van der Waals surface area contributed by atoms with Crippen LogP contribution in [-0.4, -0.2) is 97.8 Å². The van der Waals surface area contributed by atoms with E-state index in [1.54, 1.807) is 0 Å². The lowest BCUT2D eigenvalue weighted by molar-refractivity contribution is -0.0393. The Labute approximate surface area is 322 Å². The van der Waals surface area contributed by atoms with Gasteiger partial charge in [0.15, 0.2) is 23.2 Å². The molecule has 4 saturated heterocycles. The molecule has 1 spiro atoms. The number of fused-ring (bicyclic) bond motifs is 2. The lowest BCUT2D eigenvalue weighted by atomic mass is 9.73. The normalized spacial score (nSPS) is 25.7. The Morgan fingerprint density at radius 1 is 0.909 bits per heavy atom. The van der Waals surface area contributed by atoms with Gasteiger partial charge in [0, 0.05) is 44.5 Å². The number of alkyl carbamates (subject to hydrolysis) is 1. The van der Waals surface area contributed by atoms with Crippen LogP contribution in [0.15, 0.2) is 30.6 Å². The van der Waals surface area contributed by atoms with Crippen LogP contribution in [0, 0.1) is 5.41 Å². The molecule has 0 aromatic carbocycles. The SMILES string of the molecule is C[C@@H]1OCC2(CCN(c3cnc4c(N5CCCc6nc(-c7ccn(C8CCCCO8)n7)ccc65)nn(C5CCCCO5)c4n3)CC2)[C@@H]1NC(=O)OC(C)(C)C. The second-order valence-corrected chi connectivity index (χ2v) is 16.9. The number of pyridine rings is 1. The molecule has 4 aromatic heterocycles. The summed E-state index contributed by atoms with van der Waals surface area (Å²) in [5.74, 6) is 1.60. The van der Waals surface area contributed by atoms with E-state index in [1.807, 2.05) is 55.5 Å². The number of ether oxygens (including phenoxy) is 4. The summed E-state index contributed by atoms with van der Waals surface area (Å²) < 4.78 is 27.9. The van der Waals surface area contributed by atoms with Gasteiger partial charge in [0.1, 0.15) is 23.3 Å². The van der Waals surface area contributed by atoms with E-state index in [9.17, 15) is 4.79 Å². The molecular weight excluding hydrogens is 701 g/mol. The van der Waals surface area contributed by atoms with Crippen LogP contribution in [0.2, 0.25) is 0 Å². The molecule has 15 heteroatoms. The molecule has 2 unspecified atom stereocenters. The van der Waals surface area contributed by atoms with Gasteiger partial charge in [-0.25, -0.2) is 29.1 Å². The molecule has 9 heterocycles. The van der Waals surface area contributed by atoms with Crippen molar-refractivity contribution in [1.29, 1.82) is 0 Å². The van der Waals surface area contributed by atoms with Gasteiger partial charge in [0.2, 0.25) is 0 Å². The smallest absolute Gasteiger partial charge is 0.407 e. The molecule has 5 aliphatic heterocycles. The molecule has 4 aromatic rings. The fraction of sp³-hybridized carbons (Fsp3) is 0.650. The van der Waals surface area contributed by atoms with Crippen LogP contribution in [-0.2, 0) is 25.4 Å². The van der Waals surface area contributed by atoms with Crippen LogP contribution in [0.3, 0.4) is 0 Å². The molecule has 4 atom stereocenters. The van der Waals surface area contributed by atoms with Gasteiger partial charge in [0.25, 0.3) is 0 Å². The Hall–Kier alpha value is -4.34. The van der Waals surface area contributed by atoms with E-state index in [2.05, 4.69) is 27.2 Å². The second-order valence-electron chi connectivity index (χ2n) is 16.9. The average Bonchev–Trinajstić information content (AvgIpc) is 3.92. The number of piperidine rings is 1. The van der Waals surface area contributed by atoms with Crippen molar-refractivity contribution < 1.29 is 23.7 Å². The molecule has 1 N–H and O–H groups in total. The van der Waals surface area contributed by atoms with E-state index in [-0.39, 0.29) is 30.0 Å². The van der Waals surface area contributed by atoms with Crippen LogP contribution in [0.5, 0.6) is 0 Å². The van der Waals surface area contributed by atoms with Crippen LogP contribution < -0.4 is 15.1 Å². The predicted molar refractivity (Wildman–Crippen MR) is 206 cm³/mol. The molecule has 55 heavy (non-hydrogen) atoms. The third kappa shape index (κ3) is 7.14. The van der Waals surface area contributed by atoms with Crippen LogP contribution in [0.25, 0.3) is 22.6 Å². The van der Waals surface area contributed by atoms with Gasteiger partial charge in [-0.15, -0.1) is 5.10 Å². The van der Waals surface area contributed by atoms with Crippen LogP contribution in [0.4, 0.5) is 22.1 Å². The highest BCUT2D eigenvalue weighted by molar-refractivity contribution is 5.88. The summed E-state index contributed by atoms with van der Waals surface area (Å²) in [4.78, 5) is 32.9. The number of aromatic nitrogens is 7. The first kappa shape index (κ1) is 36.3. The van der Waals surface area contributed by atoms with Gasteiger partial charge in [-0.2, -0.15) is 5.10 Å². The fourth-order valence-electron chi connectivity index (χ4n) is 9.04. The standard InChI is InChI=1S/C40H54N10O5/c1-26-35(44-38(51)55-39(2,3)4)40(25-54-26)16-20-47(21-17-40)31-24-41-34-36(43-31)50(33-12-6-8-23-53-33)46-37(34)48-18-9-10-29-30(48)14-13-27(42-29)28-15-19-49(45-28)32-11-5-7-22-52-32/h13-15,19,24,26,32-33,35H,5-12,16-18,20-23,25H2,1-4H3,(H,44,51)/t26-,32?,33?,35+/m0/s1. The van der Waals surface area contributed by atoms with Gasteiger partial charge in [-0.1, -0.05) is 0 Å². The van der Waals surface area contributed by atoms with Crippen molar-refractivity contribution >= 4 is 34.6 Å². The van der Waals surface area contributed by atoms with Gasteiger partial charge < -0.3 is 34.1 Å². The van der Waals surface area contributed by atoms with Crippen molar-refractivity contribution in [2.75, 3.05) is 49.3 Å². The molecule has 15 nitrogen and oxygen atoms in total. The van der Waals surface area contributed by atoms with E-state index >= 15 is 0 Å². The van der Waals surface area contributed by atoms with E-state index in [1.165, 1.54) is 0 Å². The summed E-state index contributed by atoms with van der Waals surface area (Å²) in [6.07, 6.45) is 12.9.